The highest BCUT2D eigenvalue weighted by molar-refractivity contribution is 6.30. The van der Waals surface area contributed by atoms with Gasteiger partial charge in [-0.05, 0) is 19.1 Å². The number of hydrogen-bond acceptors (Lipinski definition) is 5. The number of nitrogens with one attached hydrogen (secondary N) is 2. The maximum Gasteiger partial charge on any atom is 0.358 e. The molecule has 8 heteroatoms. The molecule has 1 atom stereocenters. The van der Waals surface area contributed by atoms with Gasteiger partial charge in [0.15, 0.2) is 0 Å². The van der Waals surface area contributed by atoms with E-state index in [-0.39, 0.29) is 5.69 Å². The van der Waals surface area contributed by atoms with Crippen LogP contribution in [0.5, 0.6) is 0 Å². The van der Waals surface area contributed by atoms with Crippen LogP contribution in [-0.4, -0.2) is 29.4 Å². The molecule has 0 aliphatic carbocycles. The van der Waals surface area contributed by atoms with Crippen LogP contribution in [0, 0.1) is 0 Å². The maximum atomic E-state index is 12.4. The first-order valence-corrected chi connectivity index (χ1v) is 7.85. The number of rotatable bonds is 5. The molecule has 1 aromatic carbocycles. The molecule has 2 N–H and O–H groups in total. The lowest BCUT2D eigenvalue weighted by atomic mass is 10.1. The zero-order chi connectivity index (χ0) is 18.2. The van der Waals surface area contributed by atoms with Gasteiger partial charge in [-0.25, -0.2) is 14.6 Å². The highest BCUT2D eigenvalue weighted by Gasteiger charge is 2.27. The Morgan fingerprint density at radius 3 is 2.56 bits per heavy atom. The van der Waals surface area contributed by atoms with Gasteiger partial charge in [0.1, 0.15) is 5.69 Å². The summed E-state index contributed by atoms with van der Waals surface area (Å²) in [5.74, 6) is -1.60. The van der Waals surface area contributed by atoms with Crippen molar-refractivity contribution in [1.82, 2.24) is 15.6 Å². The fourth-order valence-corrected chi connectivity index (χ4v) is 2.13. The SMILES string of the molecule is CCNC(=O)NC(=O)[C@@H](OC(=O)c1cc(Cl)ccn1)c1ccccc1. The molecular formula is C17H16ClN3O4. The van der Waals surface area contributed by atoms with Gasteiger partial charge in [-0.1, -0.05) is 41.9 Å². The van der Waals surface area contributed by atoms with Gasteiger partial charge in [0.25, 0.3) is 5.91 Å². The number of imide groups is 1. The smallest absolute Gasteiger partial charge is 0.358 e. The molecule has 0 unspecified atom stereocenters. The van der Waals surface area contributed by atoms with Crippen molar-refractivity contribution in [2.75, 3.05) is 6.54 Å². The topological polar surface area (TPSA) is 97.4 Å². The van der Waals surface area contributed by atoms with E-state index in [0.717, 1.165) is 0 Å². The predicted molar refractivity (Wildman–Crippen MR) is 91.1 cm³/mol. The second-order valence-corrected chi connectivity index (χ2v) is 5.34. The standard InChI is InChI=1S/C17H16ClN3O4/c1-2-19-17(24)21-15(22)14(11-6-4-3-5-7-11)25-16(23)13-10-12(18)8-9-20-13/h3-10,14H,2H2,1H3,(H2,19,21,22,24)/t14-/m0/s1. The number of pyridine rings is 1. The van der Waals surface area contributed by atoms with Crippen molar-refractivity contribution in [2.45, 2.75) is 13.0 Å². The summed E-state index contributed by atoms with van der Waals surface area (Å²) in [5, 5.41) is 4.88. The van der Waals surface area contributed by atoms with Crippen molar-refractivity contribution < 1.29 is 19.1 Å². The second-order valence-electron chi connectivity index (χ2n) is 4.90. The van der Waals surface area contributed by atoms with E-state index in [4.69, 9.17) is 16.3 Å². The Labute approximate surface area is 149 Å². The molecule has 0 bridgehead atoms. The molecule has 130 valence electrons. The van der Waals surface area contributed by atoms with Crippen LogP contribution in [0.4, 0.5) is 4.79 Å². The Kier molecular flexibility index (Phi) is 6.47. The zero-order valence-electron chi connectivity index (χ0n) is 13.4. The van der Waals surface area contributed by atoms with Crippen molar-refractivity contribution >= 4 is 29.5 Å². The quantitative estimate of drug-likeness (QED) is 0.797. The Morgan fingerprint density at radius 1 is 1.20 bits per heavy atom. The van der Waals surface area contributed by atoms with Gasteiger partial charge in [-0.2, -0.15) is 0 Å². The van der Waals surface area contributed by atoms with Crippen LogP contribution in [0.1, 0.15) is 29.1 Å². The van der Waals surface area contributed by atoms with Gasteiger partial charge in [0.2, 0.25) is 6.10 Å². The normalized spacial score (nSPS) is 11.3. The maximum absolute atomic E-state index is 12.4. The molecule has 0 fully saturated rings. The number of carbonyl (C=O) groups excluding carboxylic acids is 3. The van der Waals surface area contributed by atoms with E-state index in [1.54, 1.807) is 37.3 Å². The number of urea groups is 1. The van der Waals surface area contributed by atoms with Gasteiger partial charge in [-0.3, -0.25) is 10.1 Å². The summed E-state index contributed by atoms with van der Waals surface area (Å²) in [6.07, 6.45) is 0.0441. The molecule has 2 aromatic rings. The molecule has 0 aliphatic rings. The Morgan fingerprint density at radius 2 is 1.92 bits per heavy atom. The fourth-order valence-electron chi connectivity index (χ4n) is 1.97. The fraction of sp³-hybridized carbons (Fsp3) is 0.176. The number of hydrogen-bond donors (Lipinski definition) is 2. The molecule has 0 radical (unpaired) electrons. The van der Waals surface area contributed by atoms with Crippen LogP contribution < -0.4 is 10.6 Å². The van der Waals surface area contributed by atoms with Crippen molar-refractivity contribution in [3.05, 3.63) is 64.9 Å². The van der Waals surface area contributed by atoms with E-state index in [1.165, 1.54) is 18.3 Å². The predicted octanol–water partition coefficient (Wildman–Crippen LogP) is 2.48. The lowest BCUT2D eigenvalue weighted by molar-refractivity contribution is -0.129. The van der Waals surface area contributed by atoms with E-state index in [2.05, 4.69) is 15.6 Å². The lowest BCUT2D eigenvalue weighted by Gasteiger charge is -2.17. The van der Waals surface area contributed by atoms with Crippen LogP contribution in [0.25, 0.3) is 0 Å². The third-order valence-electron chi connectivity index (χ3n) is 3.07. The first-order chi connectivity index (χ1) is 12.0. The molecule has 0 aliphatic heterocycles. The molecule has 25 heavy (non-hydrogen) atoms. The Bertz CT molecular complexity index is 767. The van der Waals surface area contributed by atoms with Gasteiger partial charge in [0.05, 0.1) is 0 Å². The molecule has 2 rings (SSSR count). The van der Waals surface area contributed by atoms with Gasteiger partial charge in [0, 0.05) is 23.3 Å². The van der Waals surface area contributed by atoms with Crippen LogP contribution in [0.15, 0.2) is 48.7 Å². The molecule has 0 saturated heterocycles. The molecular weight excluding hydrogens is 346 g/mol. The van der Waals surface area contributed by atoms with E-state index in [1.807, 2.05) is 0 Å². The highest BCUT2D eigenvalue weighted by Crippen LogP contribution is 2.20. The summed E-state index contributed by atoms with van der Waals surface area (Å²) in [6.45, 7) is 2.06. The Balaban J connectivity index is 2.21. The number of aromatic nitrogens is 1. The highest BCUT2D eigenvalue weighted by atomic mass is 35.5. The van der Waals surface area contributed by atoms with Crippen LogP contribution >= 0.6 is 11.6 Å². The average molecular weight is 362 g/mol. The number of ether oxygens (including phenoxy) is 1. The summed E-state index contributed by atoms with van der Waals surface area (Å²) in [5.41, 5.74) is 0.374. The lowest BCUT2D eigenvalue weighted by Crippen LogP contribution is -2.42. The minimum Gasteiger partial charge on any atom is -0.443 e. The van der Waals surface area contributed by atoms with Crippen molar-refractivity contribution in [3.8, 4) is 0 Å². The van der Waals surface area contributed by atoms with Gasteiger partial charge >= 0.3 is 12.0 Å². The number of benzene rings is 1. The second kappa shape index (κ2) is 8.79. The molecule has 1 heterocycles. The zero-order valence-corrected chi connectivity index (χ0v) is 14.1. The number of carbonyl (C=O) groups is 3. The summed E-state index contributed by atoms with van der Waals surface area (Å²) < 4.78 is 5.27. The van der Waals surface area contributed by atoms with E-state index < -0.39 is 24.0 Å². The number of amides is 3. The van der Waals surface area contributed by atoms with E-state index in [9.17, 15) is 14.4 Å². The van der Waals surface area contributed by atoms with E-state index in [0.29, 0.717) is 17.1 Å². The molecule has 0 saturated carbocycles. The largest absolute Gasteiger partial charge is 0.443 e. The third-order valence-corrected chi connectivity index (χ3v) is 3.31. The Hall–Kier alpha value is -2.93. The van der Waals surface area contributed by atoms with Crippen LogP contribution in [-0.2, 0) is 9.53 Å². The molecule has 7 nitrogen and oxygen atoms in total. The third kappa shape index (κ3) is 5.29. The van der Waals surface area contributed by atoms with Gasteiger partial charge < -0.3 is 10.1 Å². The summed E-state index contributed by atoms with van der Waals surface area (Å²) in [6, 6.07) is 10.5. The van der Waals surface area contributed by atoms with Crippen molar-refractivity contribution in [1.29, 1.82) is 0 Å². The molecule has 0 spiro atoms. The minimum atomic E-state index is -1.31. The molecule has 3 amide bonds. The number of nitrogens with zero attached hydrogens (tertiary/aromatic N) is 1. The van der Waals surface area contributed by atoms with Crippen LogP contribution in [0.2, 0.25) is 5.02 Å². The van der Waals surface area contributed by atoms with Crippen molar-refractivity contribution in [2.24, 2.45) is 0 Å². The van der Waals surface area contributed by atoms with Crippen LogP contribution in [0.3, 0.4) is 0 Å². The number of esters is 1. The first-order valence-electron chi connectivity index (χ1n) is 7.47. The summed E-state index contributed by atoms with van der Waals surface area (Å²) in [4.78, 5) is 40.1. The van der Waals surface area contributed by atoms with Gasteiger partial charge in [-0.15, -0.1) is 0 Å². The molecule has 1 aromatic heterocycles. The monoisotopic (exact) mass is 361 g/mol. The van der Waals surface area contributed by atoms with Crippen molar-refractivity contribution in [3.63, 3.8) is 0 Å². The summed E-state index contributed by atoms with van der Waals surface area (Å²) >= 11 is 5.83. The first kappa shape index (κ1) is 18.4. The number of halogens is 1. The average Bonchev–Trinajstić information content (AvgIpc) is 2.60. The summed E-state index contributed by atoms with van der Waals surface area (Å²) in [7, 11) is 0. The minimum absolute atomic E-state index is 0.0424. The van der Waals surface area contributed by atoms with E-state index >= 15 is 0 Å².